The van der Waals surface area contributed by atoms with Gasteiger partial charge in [-0.05, 0) is 44.9 Å². The third-order valence-electron chi connectivity index (χ3n) is 6.43. The van der Waals surface area contributed by atoms with Crippen LogP contribution >= 0.6 is 0 Å². The number of hydrogen-bond acceptors (Lipinski definition) is 4. The van der Waals surface area contributed by atoms with Crippen LogP contribution in [0.15, 0.2) is 66.9 Å². The molecule has 1 aliphatic rings. The van der Waals surface area contributed by atoms with E-state index in [0.29, 0.717) is 18.7 Å². The number of ether oxygens (including phenoxy) is 1. The lowest BCUT2D eigenvalue weighted by atomic mass is 10.0. The van der Waals surface area contributed by atoms with Gasteiger partial charge in [-0.3, -0.25) is 4.79 Å². The molecule has 2 atom stereocenters. The summed E-state index contributed by atoms with van der Waals surface area (Å²) < 4.78 is 8.09. The Balaban J connectivity index is 1.59. The largest absolute Gasteiger partial charge is 0.367 e. The van der Waals surface area contributed by atoms with Gasteiger partial charge in [0.1, 0.15) is 6.10 Å². The standard InChI is InChI=1S/C28H30N4O2/c1-18(2)32-27-24(15-29-32)23(14-25(30-27)22-13-9-8-10-19(22)3)28(33)31-16-20(4)34-26(17-31)21-11-6-5-7-12-21/h5-15,18,20,26H,16-17H2,1-4H3. The van der Waals surface area contributed by atoms with Gasteiger partial charge in [0, 0.05) is 18.2 Å². The summed E-state index contributed by atoms with van der Waals surface area (Å²) in [6.45, 7) is 9.29. The molecule has 0 spiro atoms. The maximum atomic E-state index is 14.0. The highest BCUT2D eigenvalue weighted by Crippen LogP contribution is 2.31. The first-order chi connectivity index (χ1) is 16.4. The van der Waals surface area contributed by atoms with Crippen LogP contribution in [0.2, 0.25) is 0 Å². The van der Waals surface area contributed by atoms with Crippen molar-refractivity contribution in [3.8, 4) is 11.3 Å². The Morgan fingerprint density at radius 2 is 1.79 bits per heavy atom. The maximum Gasteiger partial charge on any atom is 0.254 e. The highest BCUT2D eigenvalue weighted by atomic mass is 16.5. The molecule has 6 nitrogen and oxygen atoms in total. The molecule has 174 valence electrons. The van der Waals surface area contributed by atoms with E-state index in [-0.39, 0.29) is 24.2 Å². The second-order valence-electron chi connectivity index (χ2n) is 9.35. The van der Waals surface area contributed by atoms with Crippen LogP contribution in [0.4, 0.5) is 0 Å². The van der Waals surface area contributed by atoms with E-state index in [0.717, 1.165) is 33.4 Å². The fourth-order valence-electron chi connectivity index (χ4n) is 4.71. The van der Waals surface area contributed by atoms with E-state index in [9.17, 15) is 4.79 Å². The molecule has 0 N–H and O–H groups in total. The van der Waals surface area contributed by atoms with Crippen molar-refractivity contribution in [2.75, 3.05) is 13.1 Å². The molecule has 0 bridgehead atoms. The number of carbonyl (C=O) groups is 1. The first-order valence-electron chi connectivity index (χ1n) is 11.9. The van der Waals surface area contributed by atoms with Gasteiger partial charge in [-0.25, -0.2) is 9.67 Å². The van der Waals surface area contributed by atoms with Crippen molar-refractivity contribution in [3.63, 3.8) is 0 Å². The Bertz CT molecular complexity index is 1330. The van der Waals surface area contributed by atoms with Crippen molar-refractivity contribution in [1.82, 2.24) is 19.7 Å². The average molecular weight is 455 g/mol. The fraction of sp³-hybridized carbons (Fsp3) is 0.321. The number of fused-ring (bicyclic) bond motifs is 1. The molecule has 1 amide bonds. The summed E-state index contributed by atoms with van der Waals surface area (Å²) in [5.41, 5.74) is 5.38. The van der Waals surface area contributed by atoms with Gasteiger partial charge >= 0.3 is 0 Å². The second kappa shape index (κ2) is 9.03. The number of hydrogen-bond donors (Lipinski definition) is 0. The first kappa shape index (κ1) is 22.3. The van der Waals surface area contributed by atoms with Crippen LogP contribution in [-0.4, -0.2) is 44.8 Å². The first-order valence-corrected chi connectivity index (χ1v) is 11.9. The number of rotatable bonds is 4. The number of benzene rings is 2. The zero-order chi connectivity index (χ0) is 23.8. The number of nitrogens with zero attached hydrogens (tertiary/aromatic N) is 4. The van der Waals surface area contributed by atoms with E-state index in [1.807, 2.05) is 52.9 Å². The smallest absolute Gasteiger partial charge is 0.254 e. The van der Waals surface area contributed by atoms with Gasteiger partial charge in [-0.2, -0.15) is 5.10 Å². The van der Waals surface area contributed by atoms with Gasteiger partial charge in [-0.15, -0.1) is 0 Å². The summed E-state index contributed by atoms with van der Waals surface area (Å²) in [6.07, 6.45) is 1.56. The highest BCUT2D eigenvalue weighted by molar-refractivity contribution is 6.06. The molecular formula is C28H30N4O2. The molecule has 2 aromatic carbocycles. The van der Waals surface area contributed by atoms with Crippen molar-refractivity contribution in [1.29, 1.82) is 0 Å². The van der Waals surface area contributed by atoms with Crippen molar-refractivity contribution in [2.24, 2.45) is 0 Å². The van der Waals surface area contributed by atoms with Crippen LogP contribution in [0, 0.1) is 6.92 Å². The minimum atomic E-state index is -0.152. The van der Waals surface area contributed by atoms with E-state index < -0.39 is 0 Å². The SMILES string of the molecule is Cc1ccccc1-c1cc(C(=O)N2CC(C)OC(c3ccccc3)C2)c2cnn(C(C)C)c2n1. The topological polar surface area (TPSA) is 60.3 Å². The minimum Gasteiger partial charge on any atom is -0.367 e. The Kier molecular flexibility index (Phi) is 5.92. The third kappa shape index (κ3) is 4.10. The molecule has 34 heavy (non-hydrogen) atoms. The number of aryl methyl sites for hydroxylation is 1. The van der Waals surface area contributed by atoms with Crippen LogP contribution in [-0.2, 0) is 4.74 Å². The fourth-order valence-corrected chi connectivity index (χ4v) is 4.71. The predicted octanol–water partition coefficient (Wildman–Crippen LogP) is 5.59. The Hall–Kier alpha value is -3.51. The number of amides is 1. The van der Waals surface area contributed by atoms with Gasteiger partial charge in [0.25, 0.3) is 5.91 Å². The quantitative estimate of drug-likeness (QED) is 0.403. The monoisotopic (exact) mass is 454 g/mol. The van der Waals surface area contributed by atoms with E-state index in [4.69, 9.17) is 9.72 Å². The number of morpholine rings is 1. The Morgan fingerprint density at radius 3 is 2.53 bits per heavy atom. The highest BCUT2D eigenvalue weighted by Gasteiger charge is 2.31. The van der Waals surface area contributed by atoms with Gasteiger partial charge in [0.2, 0.25) is 0 Å². The molecule has 1 saturated heterocycles. The van der Waals surface area contributed by atoms with Crippen molar-refractivity contribution >= 4 is 16.9 Å². The summed E-state index contributed by atoms with van der Waals surface area (Å²) in [6, 6.07) is 20.3. The van der Waals surface area contributed by atoms with Gasteiger partial charge in [0.15, 0.2) is 5.65 Å². The lowest BCUT2D eigenvalue weighted by Crippen LogP contribution is -2.46. The maximum absolute atomic E-state index is 14.0. The molecule has 1 aliphatic heterocycles. The summed E-state index contributed by atoms with van der Waals surface area (Å²) in [5.74, 6) is -0.0124. The van der Waals surface area contributed by atoms with Crippen LogP contribution in [0.1, 0.15) is 54.4 Å². The molecule has 2 unspecified atom stereocenters. The van der Waals surface area contributed by atoms with Crippen LogP contribution in [0.25, 0.3) is 22.3 Å². The number of pyridine rings is 1. The van der Waals surface area contributed by atoms with Crippen LogP contribution in [0.3, 0.4) is 0 Å². The lowest BCUT2D eigenvalue weighted by molar-refractivity contribution is -0.0691. The zero-order valence-electron chi connectivity index (χ0n) is 20.1. The molecule has 5 rings (SSSR count). The van der Waals surface area contributed by atoms with E-state index >= 15 is 0 Å². The van der Waals surface area contributed by atoms with Crippen molar-refractivity contribution in [2.45, 2.75) is 45.9 Å². The summed E-state index contributed by atoms with van der Waals surface area (Å²) in [7, 11) is 0. The summed E-state index contributed by atoms with van der Waals surface area (Å²) in [5, 5.41) is 5.36. The molecule has 2 aromatic heterocycles. The Labute approximate surface area is 200 Å². The summed E-state index contributed by atoms with van der Waals surface area (Å²) >= 11 is 0. The lowest BCUT2D eigenvalue weighted by Gasteiger charge is -2.37. The third-order valence-corrected chi connectivity index (χ3v) is 6.43. The molecule has 4 aromatic rings. The molecule has 1 fully saturated rings. The van der Waals surface area contributed by atoms with E-state index in [1.165, 1.54) is 0 Å². The normalized spacial score (nSPS) is 18.6. The molecule has 3 heterocycles. The minimum absolute atomic E-state index is 0.0124. The number of aromatic nitrogens is 3. The average Bonchev–Trinajstić information content (AvgIpc) is 3.28. The van der Waals surface area contributed by atoms with Crippen molar-refractivity contribution < 1.29 is 9.53 Å². The Morgan fingerprint density at radius 1 is 1.06 bits per heavy atom. The van der Waals surface area contributed by atoms with Gasteiger partial charge in [0.05, 0.1) is 35.5 Å². The number of carbonyl (C=O) groups excluding carboxylic acids is 1. The second-order valence-corrected chi connectivity index (χ2v) is 9.35. The van der Waals surface area contributed by atoms with E-state index in [2.05, 4.69) is 50.1 Å². The molecule has 0 aliphatic carbocycles. The van der Waals surface area contributed by atoms with Crippen molar-refractivity contribution in [3.05, 3.63) is 83.6 Å². The predicted molar refractivity (Wildman–Crippen MR) is 134 cm³/mol. The van der Waals surface area contributed by atoms with Crippen LogP contribution in [0.5, 0.6) is 0 Å². The molecular weight excluding hydrogens is 424 g/mol. The molecule has 0 radical (unpaired) electrons. The van der Waals surface area contributed by atoms with Gasteiger partial charge < -0.3 is 9.64 Å². The molecule has 6 heteroatoms. The van der Waals surface area contributed by atoms with Crippen LogP contribution < -0.4 is 0 Å². The zero-order valence-corrected chi connectivity index (χ0v) is 20.1. The van der Waals surface area contributed by atoms with Gasteiger partial charge in [-0.1, -0.05) is 54.6 Å². The molecule has 0 saturated carbocycles. The van der Waals surface area contributed by atoms with E-state index in [1.54, 1.807) is 6.20 Å². The summed E-state index contributed by atoms with van der Waals surface area (Å²) in [4.78, 5) is 20.9.